The lowest BCUT2D eigenvalue weighted by atomic mass is 10.0. The van der Waals surface area contributed by atoms with Crippen LogP contribution >= 0.6 is 0 Å². The van der Waals surface area contributed by atoms with E-state index in [0.717, 1.165) is 16.9 Å². The van der Waals surface area contributed by atoms with Gasteiger partial charge < -0.3 is 35.4 Å². The fourth-order valence-corrected chi connectivity index (χ4v) is 6.24. The van der Waals surface area contributed by atoms with Crippen LogP contribution in [-0.4, -0.2) is 91.2 Å². The predicted molar refractivity (Wildman–Crippen MR) is 187 cm³/mol. The maximum atomic E-state index is 13.7. The molecule has 3 atom stereocenters. The molecule has 0 saturated carbocycles. The highest BCUT2D eigenvalue weighted by Gasteiger charge is 2.38. The maximum absolute atomic E-state index is 13.7. The summed E-state index contributed by atoms with van der Waals surface area (Å²) in [7, 11) is -1.89. The fraction of sp³-hybridized carbons (Fsp3) is 0.417. The molecule has 0 heterocycles. The number of alkyl halides is 3. The van der Waals surface area contributed by atoms with Crippen molar-refractivity contribution in [3.63, 3.8) is 0 Å². The standard InChI is InChI=1S/C34H44N2O8S.C2HF3O2/c1-24(2)15-17-45(41,42)18-16-32(44-29-14-8-12-27(21-29)34(39)40)33(38)36-30(20-25-9-5-4-6-10-25)31(37)23-35-22-26-11-7-13-28(19-26)43-3;3-2(4,5)1(6)7/h4-14,19,21,24,30-32,35,37H,15-18,20,22-23H2,1-3H3,(H,36,38)(H,39,40);(H,6,7)/t30-,31+,32?;/m0./s1. The van der Waals surface area contributed by atoms with E-state index in [1.54, 1.807) is 7.11 Å². The summed E-state index contributed by atoms with van der Waals surface area (Å²) >= 11 is 0. The number of rotatable bonds is 19. The predicted octanol–water partition coefficient (Wildman–Crippen LogP) is 4.50. The van der Waals surface area contributed by atoms with Crippen LogP contribution in [0.15, 0.2) is 78.9 Å². The molecular formula is C36H45F3N2O10S. The summed E-state index contributed by atoms with van der Waals surface area (Å²) in [5.74, 6) is -3.79. The van der Waals surface area contributed by atoms with Gasteiger partial charge >= 0.3 is 18.1 Å². The fourth-order valence-electron chi connectivity index (χ4n) is 4.63. The van der Waals surface area contributed by atoms with Gasteiger partial charge in [0.05, 0.1) is 36.3 Å². The van der Waals surface area contributed by atoms with Gasteiger partial charge in [0.15, 0.2) is 6.10 Å². The van der Waals surface area contributed by atoms with E-state index in [0.29, 0.717) is 19.4 Å². The second-order valence-electron chi connectivity index (χ2n) is 12.2. The molecule has 52 heavy (non-hydrogen) atoms. The molecule has 0 bridgehead atoms. The van der Waals surface area contributed by atoms with E-state index in [1.165, 1.54) is 24.3 Å². The number of amides is 1. The Hall–Kier alpha value is -4.67. The van der Waals surface area contributed by atoms with Gasteiger partial charge in [-0.1, -0.05) is 62.4 Å². The third kappa shape index (κ3) is 16.6. The number of benzene rings is 3. The molecule has 3 aromatic rings. The van der Waals surface area contributed by atoms with Gasteiger partial charge in [-0.05, 0) is 60.2 Å². The number of ether oxygens (including phenoxy) is 2. The van der Waals surface area contributed by atoms with Gasteiger partial charge in [-0.3, -0.25) is 4.79 Å². The van der Waals surface area contributed by atoms with Gasteiger partial charge in [0.1, 0.15) is 21.3 Å². The van der Waals surface area contributed by atoms with E-state index >= 15 is 0 Å². The molecule has 0 aromatic heterocycles. The van der Waals surface area contributed by atoms with Gasteiger partial charge in [-0.2, -0.15) is 13.2 Å². The summed E-state index contributed by atoms with van der Waals surface area (Å²) in [6.07, 6.45) is -6.69. The highest BCUT2D eigenvalue weighted by molar-refractivity contribution is 7.91. The monoisotopic (exact) mass is 754 g/mol. The lowest BCUT2D eigenvalue weighted by Gasteiger charge is -2.27. The molecule has 1 unspecified atom stereocenters. The SMILES string of the molecule is COc1cccc(CNC[C@@H](O)[C@H](Cc2ccccc2)NC(=O)C(CCS(=O)(=O)CCC(C)C)Oc2cccc(C(=O)O)c2)c1.O=C(O)C(F)(F)F. The van der Waals surface area contributed by atoms with Crippen LogP contribution in [0.25, 0.3) is 0 Å². The van der Waals surface area contributed by atoms with E-state index in [1.807, 2.05) is 68.4 Å². The van der Waals surface area contributed by atoms with Crippen molar-refractivity contribution in [1.82, 2.24) is 10.6 Å². The number of methoxy groups -OCH3 is 1. The number of halogens is 3. The molecule has 16 heteroatoms. The van der Waals surface area contributed by atoms with E-state index in [2.05, 4.69) is 10.6 Å². The van der Waals surface area contributed by atoms with Crippen LogP contribution < -0.4 is 20.1 Å². The van der Waals surface area contributed by atoms with Crippen molar-refractivity contribution < 1.29 is 60.8 Å². The molecule has 0 aliphatic heterocycles. The van der Waals surface area contributed by atoms with Gasteiger partial charge in [0.2, 0.25) is 0 Å². The average molecular weight is 755 g/mol. The Morgan fingerprint density at radius 3 is 2.04 bits per heavy atom. The molecule has 3 rings (SSSR count). The van der Waals surface area contributed by atoms with Crippen molar-refractivity contribution in [3.05, 3.63) is 95.6 Å². The quantitative estimate of drug-likeness (QED) is 0.116. The van der Waals surface area contributed by atoms with Gasteiger partial charge in [0, 0.05) is 19.5 Å². The van der Waals surface area contributed by atoms with Crippen molar-refractivity contribution in [2.24, 2.45) is 5.92 Å². The number of carboxylic acid groups (broad SMARTS) is 2. The zero-order valence-electron chi connectivity index (χ0n) is 29.0. The van der Waals surface area contributed by atoms with Crippen LogP contribution in [0.5, 0.6) is 11.5 Å². The molecule has 0 saturated heterocycles. The minimum absolute atomic E-state index is 0.0121. The number of sulfone groups is 1. The first-order chi connectivity index (χ1) is 24.4. The number of hydrogen-bond donors (Lipinski definition) is 5. The molecule has 12 nitrogen and oxygen atoms in total. The third-order valence-electron chi connectivity index (χ3n) is 7.50. The Morgan fingerprint density at radius 2 is 1.44 bits per heavy atom. The average Bonchev–Trinajstić information content (AvgIpc) is 3.09. The molecule has 0 aliphatic carbocycles. The topological polar surface area (TPSA) is 189 Å². The first-order valence-electron chi connectivity index (χ1n) is 16.3. The summed E-state index contributed by atoms with van der Waals surface area (Å²) < 4.78 is 68.5. The summed E-state index contributed by atoms with van der Waals surface area (Å²) in [5.41, 5.74) is 1.81. The van der Waals surface area contributed by atoms with E-state index < -0.39 is 52.1 Å². The molecule has 0 fully saturated rings. The lowest BCUT2D eigenvalue weighted by molar-refractivity contribution is -0.192. The van der Waals surface area contributed by atoms with Crippen molar-refractivity contribution in [2.75, 3.05) is 25.2 Å². The molecule has 0 spiro atoms. The van der Waals surface area contributed by atoms with Crippen molar-refractivity contribution in [2.45, 2.75) is 64.1 Å². The second-order valence-corrected chi connectivity index (χ2v) is 14.5. The van der Waals surface area contributed by atoms with E-state index in [-0.39, 0.29) is 41.7 Å². The Balaban J connectivity index is 0.00000121. The number of carbonyl (C=O) groups is 3. The Labute approximate surface area is 300 Å². The molecule has 3 aromatic carbocycles. The van der Waals surface area contributed by atoms with Crippen LogP contribution in [0.3, 0.4) is 0 Å². The number of carboxylic acids is 2. The molecule has 1 amide bonds. The molecule has 0 aliphatic rings. The first kappa shape index (κ1) is 43.5. The number of aliphatic hydroxyl groups excluding tert-OH is 1. The van der Waals surface area contributed by atoms with Crippen LogP contribution in [0.1, 0.15) is 48.2 Å². The van der Waals surface area contributed by atoms with E-state index in [9.17, 15) is 41.4 Å². The zero-order chi connectivity index (χ0) is 38.9. The highest BCUT2D eigenvalue weighted by Crippen LogP contribution is 2.19. The Morgan fingerprint density at radius 1 is 0.846 bits per heavy atom. The molecule has 5 N–H and O–H groups in total. The minimum Gasteiger partial charge on any atom is -0.497 e. The molecule has 286 valence electrons. The third-order valence-corrected chi connectivity index (χ3v) is 9.21. The number of aliphatic carboxylic acids is 1. The van der Waals surface area contributed by atoms with Crippen molar-refractivity contribution in [3.8, 4) is 11.5 Å². The largest absolute Gasteiger partial charge is 0.497 e. The van der Waals surface area contributed by atoms with Gasteiger partial charge in [0.25, 0.3) is 5.91 Å². The van der Waals surface area contributed by atoms with E-state index in [4.69, 9.17) is 19.4 Å². The minimum atomic E-state index is -5.08. The molecular weight excluding hydrogens is 709 g/mol. The van der Waals surface area contributed by atoms with Gasteiger partial charge in [-0.25, -0.2) is 18.0 Å². The molecule has 0 radical (unpaired) electrons. The van der Waals surface area contributed by atoms with Gasteiger partial charge in [-0.15, -0.1) is 0 Å². The van der Waals surface area contributed by atoms with Crippen LogP contribution in [0.2, 0.25) is 0 Å². The van der Waals surface area contributed by atoms with Crippen LogP contribution in [0, 0.1) is 5.92 Å². The lowest BCUT2D eigenvalue weighted by Crippen LogP contribution is -2.52. The zero-order valence-corrected chi connectivity index (χ0v) is 29.8. The maximum Gasteiger partial charge on any atom is 0.490 e. The first-order valence-corrected chi connectivity index (χ1v) is 18.1. The number of hydrogen-bond acceptors (Lipinski definition) is 9. The normalized spacial score (nSPS) is 13.2. The van der Waals surface area contributed by atoms with Crippen molar-refractivity contribution >= 4 is 27.7 Å². The number of nitrogens with one attached hydrogen (secondary N) is 2. The summed E-state index contributed by atoms with van der Waals surface area (Å²) in [6.45, 7) is 4.49. The Kier molecular flexibility index (Phi) is 17.6. The van der Waals surface area contributed by atoms with Crippen molar-refractivity contribution in [1.29, 1.82) is 0 Å². The number of carbonyl (C=O) groups excluding carboxylic acids is 1. The summed E-state index contributed by atoms with van der Waals surface area (Å²) in [4.78, 5) is 34.1. The summed E-state index contributed by atoms with van der Waals surface area (Å²) in [6, 6.07) is 21.9. The smallest absolute Gasteiger partial charge is 0.490 e. The number of aromatic carboxylic acids is 1. The van der Waals surface area contributed by atoms with Crippen LogP contribution in [-0.2, 0) is 32.4 Å². The van der Waals surface area contributed by atoms with Crippen LogP contribution in [0.4, 0.5) is 13.2 Å². The highest BCUT2D eigenvalue weighted by atomic mass is 32.2. The second kappa shape index (κ2) is 21.0. The number of aliphatic hydroxyl groups is 1. The Bertz CT molecular complexity index is 1690. The summed E-state index contributed by atoms with van der Waals surface area (Å²) in [5, 5.41) is 33.9.